The third-order valence-corrected chi connectivity index (χ3v) is 2.18. The summed E-state index contributed by atoms with van der Waals surface area (Å²) in [6, 6.07) is 0. The molecule has 74 valence electrons. The van der Waals surface area contributed by atoms with Crippen LogP contribution in [0, 0.1) is 0 Å². The van der Waals surface area contributed by atoms with Crippen molar-refractivity contribution in [3.63, 3.8) is 0 Å². The van der Waals surface area contributed by atoms with Gasteiger partial charge in [-0.2, -0.15) is 0 Å². The molecule has 0 saturated carbocycles. The molecule has 2 rings (SSSR count). The summed E-state index contributed by atoms with van der Waals surface area (Å²) in [5, 5.41) is 3.15. The topological polar surface area (TPSA) is 42.2 Å². The van der Waals surface area contributed by atoms with Gasteiger partial charge in [-0.05, 0) is 13.5 Å². The Morgan fingerprint density at radius 3 is 3.21 bits per heavy atom. The number of aromatic nitrogens is 2. The number of aliphatic imine (C=N–C) groups is 1. The molecule has 0 saturated heterocycles. The van der Waals surface area contributed by atoms with Crippen molar-refractivity contribution in [3.8, 4) is 0 Å². The fourth-order valence-corrected chi connectivity index (χ4v) is 1.58. The molecular formula is C10H14N4. The molecule has 0 aromatic carbocycles. The molecule has 0 unspecified atom stereocenters. The Labute approximate surface area is 83.4 Å². The maximum absolute atomic E-state index is 4.50. The fourth-order valence-electron chi connectivity index (χ4n) is 1.58. The van der Waals surface area contributed by atoms with Crippen molar-refractivity contribution in [2.24, 2.45) is 4.99 Å². The van der Waals surface area contributed by atoms with E-state index in [4.69, 9.17) is 0 Å². The summed E-state index contributed by atoms with van der Waals surface area (Å²) in [4.78, 5) is 8.53. The quantitative estimate of drug-likeness (QED) is 0.745. The fraction of sp³-hybridized carbons (Fsp3) is 0.400. The van der Waals surface area contributed by atoms with E-state index in [1.165, 1.54) is 5.57 Å². The molecule has 1 aliphatic heterocycles. The lowest BCUT2D eigenvalue weighted by atomic mass is 10.1. The lowest BCUT2D eigenvalue weighted by Gasteiger charge is -2.15. The Morgan fingerprint density at radius 1 is 1.57 bits per heavy atom. The van der Waals surface area contributed by atoms with E-state index in [2.05, 4.69) is 21.4 Å². The highest BCUT2D eigenvalue weighted by Gasteiger charge is 2.10. The van der Waals surface area contributed by atoms with Gasteiger partial charge in [0.15, 0.2) is 0 Å². The minimum absolute atomic E-state index is 0.858. The number of hydrogen-bond donors (Lipinski definition) is 1. The molecule has 0 atom stereocenters. The van der Waals surface area contributed by atoms with Gasteiger partial charge in [-0.25, -0.2) is 4.98 Å². The van der Waals surface area contributed by atoms with Crippen LogP contribution in [0.5, 0.6) is 0 Å². The van der Waals surface area contributed by atoms with Crippen LogP contribution in [0.25, 0.3) is 0 Å². The minimum Gasteiger partial charge on any atom is -0.316 e. The van der Waals surface area contributed by atoms with Crippen molar-refractivity contribution >= 4 is 5.84 Å². The second-order valence-electron chi connectivity index (χ2n) is 3.22. The first-order valence-electron chi connectivity index (χ1n) is 4.78. The van der Waals surface area contributed by atoms with Crippen LogP contribution < -0.4 is 5.32 Å². The van der Waals surface area contributed by atoms with Crippen molar-refractivity contribution < 1.29 is 0 Å². The van der Waals surface area contributed by atoms with Gasteiger partial charge in [0, 0.05) is 31.1 Å². The summed E-state index contributed by atoms with van der Waals surface area (Å²) in [7, 11) is 1.95. The number of imidazole rings is 1. The van der Waals surface area contributed by atoms with Crippen LogP contribution in [-0.4, -0.2) is 35.5 Å². The highest BCUT2D eigenvalue weighted by Crippen LogP contribution is 2.08. The molecular weight excluding hydrogens is 176 g/mol. The van der Waals surface area contributed by atoms with Crippen molar-refractivity contribution in [1.29, 1.82) is 0 Å². The first-order chi connectivity index (χ1) is 6.92. The summed E-state index contributed by atoms with van der Waals surface area (Å²) < 4.78 is 1.96. The zero-order valence-electron chi connectivity index (χ0n) is 8.27. The zero-order valence-corrected chi connectivity index (χ0v) is 8.27. The molecule has 0 amide bonds. The molecule has 1 aromatic rings. The van der Waals surface area contributed by atoms with Crippen LogP contribution in [0.2, 0.25) is 0 Å². The highest BCUT2D eigenvalue weighted by molar-refractivity contribution is 6.00. The molecule has 0 radical (unpaired) electrons. The predicted octanol–water partition coefficient (Wildman–Crippen LogP) is 0.679. The van der Waals surface area contributed by atoms with E-state index < -0.39 is 0 Å². The largest absolute Gasteiger partial charge is 0.316 e. The lowest BCUT2D eigenvalue weighted by molar-refractivity contribution is 0.860. The van der Waals surface area contributed by atoms with Gasteiger partial charge < -0.3 is 5.32 Å². The van der Waals surface area contributed by atoms with E-state index in [0.29, 0.717) is 0 Å². The number of likely N-dealkylation sites (N-methyl/N-ethyl adjacent to an activating group) is 1. The monoisotopic (exact) mass is 190 g/mol. The van der Waals surface area contributed by atoms with Crippen LogP contribution in [-0.2, 0) is 0 Å². The smallest absolute Gasteiger partial charge is 0.137 e. The SMILES string of the molecule is CNCC1=CCCN=C1n1ccnc1. The first kappa shape index (κ1) is 9.15. The van der Waals surface area contributed by atoms with Gasteiger partial charge in [-0.3, -0.25) is 9.56 Å². The van der Waals surface area contributed by atoms with E-state index >= 15 is 0 Å². The van der Waals surface area contributed by atoms with E-state index in [1.54, 1.807) is 12.5 Å². The van der Waals surface area contributed by atoms with Crippen LogP contribution >= 0.6 is 0 Å². The Bertz CT molecular complexity index is 348. The summed E-state index contributed by atoms with van der Waals surface area (Å²) >= 11 is 0. The number of rotatable bonds is 2. The number of hydrogen-bond acceptors (Lipinski definition) is 3. The second kappa shape index (κ2) is 4.19. The Morgan fingerprint density at radius 2 is 2.50 bits per heavy atom. The second-order valence-corrected chi connectivity index (χ2v) is 3.22. The van der Waals surface area contributed by atoms with Crippen molar-refractivity contribution in [2.75, 3.05) is 20.1 Å². The van der Waals surface area contributed by atoms with Crippen LogP contribution in [0.3, 0.4) is 0 Å². The van der Waals surface area contributed by atoms with Crippen LogP contribution in [0.1, 0.15) is 6.42 Å². The lowest BCUT2D eigenvalue weighted by Crippen LogP contribution is -2.24. The highest BCUT2D eigenvalue weighted by atomic mass is 15.1. The van der Waals surface area contributed by atoms with E-state index in [9.17, 15) is 0 Å². The molecule has 2 heterocycles. The third-order valence-electron chi connectivity index (χ3n) is 2.18. The van der Waals surface area contributed by atoms with Gasteiger partial charge >= 0.3 is 0 Å². The molecule has 4 nitrogen and oxygen atoms in total. The Hall–Kier alpha value is -1.42. The molecule has 4 heteroatoms. The van der Waals surface area contributed by atoms with Gasteiger partial charge in [0.2, 0.25) is 0 Å². The van der Waals surface area contributed by atoms with E-state index in [0.717, 1.165) is 25.3 Å². The van der Waals surface area contributed by atoms with Crippen molar-refractivity contribution in [2.45, 2.75) is 6.42 Å². The van der Waals surface area contributed by atoms with E-state index in [1.807, 2.05) is 17.8 Å². The minimum atomic E-state index is 0.858. The molecule has 0 fully saturated rings. The molecule has 0 aliphatic carbocycles. The molecule has 0 bridgehead atoms. The molecule has 1 aliphatic rings. The molecule has 14 heavy (non-hydrogen) atoms. The van der Waals surface area contributed by atoms with Crippen molar-refractivity contribution in [1.82, 2.24) is 14.9 Å². The third kappa shape index (κ3) is 1.75. The van der Waals surface area contributed by atoms with Crippen LogP contribution in [0.15, 0.2) is 35.4 Å². The number of dihydropyridines is 1. The van der Waals surface area contributed by atoms with E-state index in [-0.39, 0.29) is 0 Å². The Balaban J connectivity index is 2.24. The molecule has 1 N–H and O–H groups in total. The van der Waals surface area contributed by atoms with Gasteiger partial charge in [0.1, 0.15) is 12.2 Å². The maximum Gasteiger partial charge on any atom is 0.137 e. The average molecular weight is 190 g/mol. The summed E-state index contributed by atoms with van der Waals surface area (Å²) in [5.74, 6) is 1.02. The first-order valence-corrected chi connectivity index (χ1v) is 4.78. The van der Waals surface area contributed by atoms with Gasteiger partial charge in [0.25, 0.3) is 0 Å². The van der Waals surface area contributed by atoms with Gasteiger partial charge in [-0.1, -0.05) is 6.08 Å². The summed E-state index contributed by atoms with van der Waals surface area (Å²) in [6.07, 6.45) is 8.75. The summed E-state index contributed by atoms with van der Waals surface area (Å²) in [6.45, 7) is 1.73. The molecule has 0 spiro atoms. The van der Waals surface area contributed by atoms with Crippen LogP contribution in [0.4, 0.5) is 0 Å². The zero-order chi connectivity index (χ0) is 9.80. The molecule has 1 aromatic heterocycles. The van der Waals surface area contributed by atoms with Gasteiger partial charge in [0.05, 0.1) is 0 Å². The maximum atomic E-state index is 4.50. The van der Waals surface area contributed by atoms with Gasteiger partial charge in [-0.15, -0.1) is 0 Å². The standard InChI is InChI=1S/C10H14N4/c1-11-7-9-3-2-4-13-10(9)14-6-5-12-8-14/h3,5-6,8,11H,2,4,7H2,1H3. The normalized spacial score (nSPS) is 16.4. The Kier molecular flexibility index (Phi) is 2.74. The predicted molar refractivity (Wildman–Crippen MR) is 56.6 cm³/mol. The number of nitrogens with one attached hydrogen (secondary N) is 1. The summed E-state index contributed by atoms with van der Waals surface area (Å²) in [5.41, 5.74) is 1.25. The van der Waals surface area contributed by atoms with Crippen molar-refractivity contribution in [3.05, 3.63) is 30.4 Å². The number of nitrogens with zero attached hydrogens (tertiary/aromatic N) is 3. The average Bonchev–Trinajstić information content (AvgIpc) is 2.72.